The number of halogens is 1. The van der Waals surface area contributed by atoms with Crippen LogP contribution in [0.5, 0.6) is 17.2 Å². The predicted molar refractivity (Wildman–Crippen MR) is 129 cm³/mol. The van der Waals surface area contributed by atoms with Crippen molar-refractivity contribution in [2.45, 2.75) is 13.0 Å². The SMILES string of the molecule is COc1cccc2c1Oc1ccccc1N=C2N1CCN(C(=O)c2ccc(Cl)cc2)[C@@H](C)C1. The number of aliphatic imine (C=N–C) groups is 1. The first-order chi connectivity index (χ1) is 16.0. The summed E-state index contributed by atoms with van der Waals surface area (Å²) < 4.78 is 11.8. The van der Waals surface area contributed by atoms with Crippen LogP contribution in [0.25, 0.3) is 0 Å². The van der Waals surface area contributed by atoms with Gasteiger partial charge in [0.15, 0.2) is 17.2 Å². The molecule has 2 heterocycles. The number of hydrogen-bond donors (Lipinski definition) is 0. The molecule has 1 amide bonds. The van der Waals surface area contributed by atoms with Gasteiger partial charge in [0.2, 0.25) is 0 Å². The minimum absolute atomic E-state index is 0.00176. The predicted octanol–water partition coefficient (Wildman–Crippen LogP) is 5.38. The van der Waals surface area contributed by atoms with E-state index in [9.17, 15) is 4.79 Å². The van der Waals surface area contributed by atoms with E-state index in [1.807, 2.05) is 47.4 Å². The number of ether oxygens (including phenoxy) is 2. The van der Waals surface area contributed by atoms with Gasteiger partial charge in [-0.05, 0) is 55.5 Å². The minimum Gasteiger partial charge on any atom is -0.493 e. The van der Waals surface area contributed by atoms with Crippen LogP contribution in [0.3, 0.4) is 0 Å². The molecule has 0 aromatic heterocycles. The smallest absolute Gasteiger partial charge is 0.254 e. The summed E-state index contributed by atoms with van der Waals surface area (Å²) in [5.41, 5.74) is 2.28. The highest BCUT2D eigenvalue weighted by atomic mass is 35.5. The molecular weight excluding hydrogens is 438 g/mol. The lowest BCUT2D eigenvalue weighted by molar-refractivity contribution is 0.0581. The van der Waals surface area contributed by atoms with E-state index < -0.39 is 0 Å². The van der Waals surface area contributed by atoms with Crippen LogP contribution >= 0.6 is 11.6 Å². The largest absolute Gasteiger partial charge is 0.493 e. The zero-order chi connectivity index (χ0) is 22.9. The lowest BCUT2D eigenvalue weighted by Gasteiger charge is -2.41. The summed E-state index contributed by atoms with van der Waals surface area (Å²) in [5, 5.41) is 0.618. The number of piperazine rings is 1. The summed E-state index contributed by atoms with van der Waals surface area (Å²) in [5.74, 6) is 2.82. The molecule has 0 unspecified atom stereocenters. The molecule has 2 aliphatic rings. The molecule has 0 aliphatic carbocycles. The first-order valence-electron chi connectivity index (χ1n) is 10.9. The van der Waals surface area contributed by atoms with E-state index in [0.717, 1.165) is 17.1 Å². The molecule has 5 rings (SSSR count). The van der Waals surface area contributed by atoms with Crippen LogP contribution in [-0.2, 0) is 0 Å². The van der Waals surface area contributed by atoms with Gasteiger partial charge in [0, 0.05) is 36.3 Å². The van der Waals surface area contributed by atoms with Gasteiger partial charge in [0.1, 0.15) is 11.5 Å². The van der Waals surface area contributed by atoms with E-state index in [4.69, 9.17) is 26.1 Å². The van der Waals surface area contributed by atoms with Gasteiger partial charge in [-0.2, -0.15) is 0 Å². The minimum atomic E-state index is -0.00176. The molecule has 0 N–H and O–H groups in total. The fraction of sp³-hybridized carbons (Fsp3) is 0.231. The third-order valence-electron chi connectivity index (χ3n) is 6.02. The molecule has 3 aromatic carbocycles. The summed E-state index contributed by atoms with van der Waals surface area (Å²) in [6, 6.07) is 20.6. The average Bonchev–Trinajstić information content (AvgIpc) is 3.01. The second-order valence-corrected chi connectivity index (χ2v) is 8.58. The van der Waals surface area contributed by atoms with E-state index in [1.165, 1.54) is 0 Å². The highest BCUT2D eigenvalue weighted by Gasteiger charge is 2.32. The second kappa shape index (κ2) is 8.79. The van der Waals surface area contributed by atoms with E-state index in [2.05, 4.69) is 11.8 Å². The fourth-order valence-corrected chi connectivity index (χ4v) is 4.46. The van der Waals surface area contributed by atoms with Crippen molar-refractivity contribution in [2.75, 3.05) is 26.7 Å². The Morgan fingerprint density at radius 2 is 1.85 bits per heavy atom. The summed E-state index contributed by atoms with van der Waals surface area (Å²) in [6.45, 7) is 3.95. The lowest BCUT2D eigenvalue weighted by Crippen LogP contribution is -2.55. The van der Waals surface area contributed by atoms with Crippen molar-refractivity contribution in [1.82, 2.24) is 9.80 Å². The number of hydrogen-bond acceptors (Lipinski definition) is 5. The number of methoxy groups -OCH3 is 1. The highest BCUT2D eigenvalue weighted by molar-refractivity contribution is 6.30. The van der Waals surface area contributed by atoms with Gasteiger partial charge in [-0.1, -0.05) is 29.8 Å². The van der Waals surface area contributed by atoms with Crippen LogP contribution in [-0.4, -0.2) is 54.3 Å². The maximum Gasteiger partial charge on any atom is 0.254 e. The van der Waals surface area contributed by atoms with E-state index in [-0.39, 0.29) is 11.9 Å². The Labute approximate surface area is 198 Å². The van der Waals surface area contributed by atoms with Crippen LogP contribution in [0, 0.1) is 0 Å². The maximum atomic E-state index is 13.1. The molecule has 1 atom stereocenters. The lowest BCUT2D eigenvalue weighted by atomic mass is 10.1. The van der Waals surface area contributed by atoms with Crippen LogP contribution in [0.4, 0.5) is 5.69 Å². The van der Waals surface area contributed by atoms with Gasteiger partial charge in [-0.25, -0.2) is 4.99 Å². The first kappa shape index (κ1) is 21.3. The van der Waals surface area contributed by atoms with Crippen LogP contribution in [0.1, 0.15) is 22.8 Å². The molecule has 168 valence electrons. The number of nitrogens with zero attached hydrogens (tertiary/aromatic N) is 3. The van der Waals surface area contributed by atoms with Gasteiger partial charge in [-0.3, -0.25) is 4.79 Å². The first-order valence-corrected chi connectivity index (χ1v) is 11.3. The Morgan fingerprint density at radius 3 is 2.61 bits per heavy atom. The molecule has 0 spiro atoms. The molecular formula is C26H24ClN3O3. The van der Waals surface area contributed by atoms with Crippen LogP contribution in [0.15, 0.2) is 71.7 Å². The number of benzene rings is 3. The van der Waals surface area contributed by atoms with Crippen LogP contribution < -0.4 is 9.47 Å². The van der Waals surface area contributed by atoms with Crippen molar-refractivity contribution in [3.05, 3.63) is 82.9 Å². The monoisotopic (exact) mass is 461 g/mol. The number of carbonyl (C=O) groups is 1. The van der Waals surface area contributed by atoms with E-state index in [1.54, 1.807) is 31.4 Å². The van der Waals surface area contributed by atoms with Gasteiger partial charge < -0.3 is 19.3 Å². The normalized spacial score (nSPS) is 17.3. The van der Waals surface area contributed by atoms with Crippen molar-refractivity contribution in [3.63, 3.8) is 0 Å². The Hall–Kier alpha value is -3.51. The molecule has 1 fully saturated rings. The maximum absolute atomic E-state index is 13.1. The zero-order valence-corrected chi connectivity index (χ0v) is 19.2. The number of para-hydroxylation sites is 3. The van der Waals surface area contributed by atoms with Gasteiger partial charge in [0.25, 0.3) is 5.91 Å². The molecule has 0 radical (unpaired) electrons. The summed E-state index contributed by atoms with van der Waals surface area (Å²) in [7, 11) is 1.63. The zero-order valence-electron chi connectivity index (χ0n) is 18.5. The van der Waals surface area contributed by atoms with Crippen molar-refractivity contribution in [3.8, 4) is 17.2 Å². The number of rotatable bonds is 2. The third kappa shape index (κ3) is 4.02. The topological polar surface area (TPSA) is 54.4 Å². The summed E-state index contributed by atoms with van der Waals surface area (Å²) >= 11 is 5.98. The van der Waals surface area contributed by atoms with Crippen molar-refractivity contribution in [2.24, 2.45) is 4.99 Å². The number of carbonyl (C=O) groups excluding carboxylic acids is 1. The Bertz CT molecular complexity index is 1230. The molecule has 3 aromatic rings. The molecule has 1 saturated heterocycles. The summed E-state index contributed by atoms with van der Waals surface area (Å²) in [4.78, 5) is 22.2. The molecule has 2 aliphatic heterocycles. The fourth-order valence-electron chi connectivity index (χ4n) is 4.33. The van der Waals surface area contributed by atoms with Crippen molar-refractivity contribution in [1.29, 1.82) is 0 Å². The molecule has 6 nitrogen and oxygen atoms in total. The van der Waals surface area contributed by atoms with Crippen molar-refractivity contribution >= 4 is 29.0 Å². The van der Waals surface area contributed by atoms with E-state index >= 15 is 0 Å². The highest BCUT2D eigenvalue weighted by Crippen LogP contribution is 2.42. The Balaban J connectivity index is 1.46. The Kier molecular flexibility index (Phi) is 5.68. The third-order valence-corrected chi connectivity index (χ3v) is 6.27. The number of fused-ring (bicyclic) bond motifs is 2. The quantitative estimate of drug-likeness (QED) is 0.514. The number of amides is 1. The van der Waals surface area contributed by atoms with Gasteiger partial charge in [-0.15, -0.1) is 0 Å². The molecule has 33 heavy (non-hydrogen) atoms. The number of amidine groups is 1. The van der Waals surface area contributed by atoms with Crippen LogP contribution in [0.2, 0.25) is 5.02 Å². The molecule has 0 saturated carbocycles. The standard InChI is InChI=1S/C26H24ClN3O3/c1-17-16-29(14-15-30(17)26(31)18-10-12-19(27)13-11-18)25-20-6-5-9-23(32-2)24(20)33-22-8-4-3-7-21(22)28-25/h3-13,17H,14-16H2,1-2H3/t17-/m0/s1. The molecule has 7 heteroatoms. The average molecular weight is 462 g/mol. The summed E-state index contributed by atoms with van der Waals surface area (Å²) in [6.07, 6.45) is 0. The Morgan fingerprint density at radius 1 is 1.06 bits per heavy atom. The van der Waals surface area contributed by atoms with Crippen molar-refractivity contribution < 1.29 is 14.3 Å². The molecule has 0 bridgehead atoms. The van der Waals surface area contributed by atoms with Gasteiger partial charge >= 0.3 is 0 Å². The second-order valence-electron chi connectivity index (χ2n) is 8.14. The van der Waals surface area contributed by atoms with Gasteiger partial charge in [0.05, 0.1) is 12.7 Å². The van der Waals surface area contributed by atoms with E-state index in [0.29, 0.717) is 47.5 Å².